The number of aromatic amines is 2. The Kier molecular flexibility index (Phi) is 2.96. The lowest BCUT2D eigenvalue weighted by Gasteiger charge is -2.04. The van der Waals surface area contributed by atoms with Crippen molar-refractivity contribution in [3.63, 3.8) is 0 Å². The lowest BCUT2D eigenvalue weighted by molar-refractivity contribution is 0.102. The predicted molar refractivity (Wildman–Crippen MR) is 70.9 cm³/mol. The van der Waals surface area contributed by atoms with E-state index in [1.807, 2.05) is 19.1 Å². The van der Waals surface area contributed by atoms with Crippen molar-refractivity contribution in [2.75, 3.05) is 5.32 Å². The lowest BCUT2D eigenvalue weighted by atomic mass is 10.2. The van der Waals surface area contributed by atoms with Gasteiger partial charge in [-0.3, -0.25) is 9.89 Å². The van der Waals surface area contributed by atoms with E-state index in [1.165, 1.54) is 6.20 Å². The van der Waals surface area contributed by atoms with Crippen LogP contribution in [0.3, 0.4) is 0 Å². The molecule has 0 radical (unpaired) electrons. The summed E-state index contributed by atoms with van der Waals surface area (Å²) in [4.78, 5) is 16.1. The summed E-state index contributed by atoms with van der Waals surface area (Å²) in [5.74, 6) is 0.985. The van der Waals surface area contributed by atoms with Gasteiger partial charge in [0.05, 0.1) is 6.20 Å². The van der Waals surface area contributed by atoms with Gasteiger partial charge < -0.3 is 5.32 Å². The zero-order valence-corrected chi connectivity index (χ0v) is 10.6. The maximum atomic E-state index is 11.9. The molecule has 2 heterocycles. The molecule has 100 valence electrons. The smallest absolute Gasteiger partial charge is 0.277 e. The number of carbonyl (C=O) groups excluding carboxylic acids is 1. The molecular formula is C12H11N7O. The van der Waals surface area contributed by atoms with Crippen molar-refractivity contribution < 1.29 is 4.79 Å². The summed E-state index contributed by atoms with van der Waals surface area (Å²) in [6.45, 7) is 1.83. The molecule has 0 fully saturated rings. The maximum Gasteiger partial charge on any atom is 0.277 e. The van der Waals surface area contributed by atoms with Crippen LogP contribution < -0.4 is 5.32 Å². The van der Waals surface area contributed by atoms with E-state index >= 15 is 0 Å². The van der Waals surface area contributed by atoms with Crippen molar-refractivity contribution in [3.8, 4) is 11.4 Å². The van der Waals surface area contributed by atoms with Gasteiger partial charge in [0.2, 0.25) is 0 Å². The van der Waals surface area contributed by atoms with Crippen LogP contribution in [0, 0.1) is 6.92 Å². The van der Waals surface area contributed by atoms with Crippen molar-refractivity contribution in [1.29, 1.82) is 0 Å². The quantitative estimate of drug-likeness (QED) is 0.660. The fourth-order valence-corrected chi connectivity index (χ4v) is 1.71. The molecule has 0 aliphatic rings. The Morgan fingerprint density at radius 2 is 2.20 bits per heavy atom. The van der Waals surface area contributed by atoms with E-state index in [9.17, 15) is 4.79 Å². The summed E-state index contributed by atoms with van der Waals surface area (Å²) < 4.78 is 0. The van der Waals surface area contributed by atoms with E-state index in [0.29, 0.717) is 11.5 Å². The molecule has 2 aromatic heterocycles. The molecule has 20 heavy (non-hydrogen) atoms. The highest BCUT2D eigenvalue weighted by Crippen LogP contribution is 2.19. The van der Waals surface area contributed by atoms with Gasteiger partial charge in [-0.25, -0.2) is 4.98 Å². The first-order valence-corrected chi connectivity index (χ1v) is 5.89. The Morgan fingerprint density at radius 3 is 2.90 bits per heavy atom. The van der Waals surface area contributed by atoms with Crippen molar-refractivity contribution in [1.82, 2.24) is 30.6 Å². The summed E-state index contributed by atoms with van der Waals surface area (Å²) in [6.07, 6.45) is 1.36. The molecule has 0 saturated carbocycles. The van der Waals surface area contributed by atoms with Crippen molar-refractivity contribution in [2.45, 2.75) is 6.92 Å². The van der Waals surface area contributed by atoms with Gasteiger partial charge in [0.25, 0.3) is 5.91 Å². The van der Waals surface area contributed by atoms with Crippen molar-refractivity contribution >= 4 is 11.6 Å². The first kappa shape index (κ1) is 12.0. The molecule has 1 aromatic carbocycles. The van der Waals surface area contributed by atoms with Crippen LogP contribution in [0.2, 0.25) is 0 Å². The highest BCUT2D eigenvalue weighted by atomic mass is 16.2. The number of aryl methyl sites for hydroxylation is 1. The molecule has 0 aliphatic carbocycles. The highest BCUT2D eigenvalue weighted by molar-refractivity contribution is 6.02. The largest absolute Gasteiger partial charge is 0.321 e. The van der Waals surface area contributed by atoms with Gasteiger partial charge in [0, 0.05) is 11.3 Å². The minimum absolute atomic E-state index is 0.226. The molecule has 8 nitrogen and oxygen atoms in total. The second kappa shape index (κ2) is 4.92. The Hall–Kier alpha value is -3.03. The molecule has 1 amide bonds. The van der Waals surface area contributed by atoms with Gasteiger partial charge in [0.15, 0.2) is 11.5 Å². The Balaban J connectivity index is 1.83. The van der Waals surface area contributed by atoms with E-state index in [1.54, 1.807) is 12.1 Å². The van der Waals surface area contributed by atoms with Gasteiger partial charge >= 0.3 is 0 Å². The normalized spacial score (nSPS) is 10.4. The van der Waals surface area contributed by atoms with Gasteiger partial charge in [-0.1, -0.05) is 12.1 Å². The van der Waals surface area contributed by atoms with Crippen LogP contribution in [0.5, 0.6) is 0 Å². The minimum atomic E-state index is -0.331. The molecule has 8 heteroatoms. The first-order chi connectivity index (χ1) is 9.72. The fourth-order valence-electron chi connectivity index (χ4n) is 1.71. The van der Waals surface area contributed by atoms with E-state index in [2.05, 4.69) is 35.9 Å². The van der Waals surface area contributed by atoms with Crippen molar-refractivity contribution in [3.05, 3.63) is 42.0 Å². The highest BCUT2D eigenvalue weighted by Gasteiger charge is 2.10. The summed E-state index contributed by atoms with van der Waals surface area (Å²) in [5.41, 5.74) is 1.68. The molecule has 3 N–H and O–H groups in total. The number of carbonyl (C=O) groups is 1. The van der Waals surface area contributed by atoms with Crippen molar-refractivity contribution in [2.24, 2.45) is 0 Å². The molecular weight excluding hydrogens is 258 g/mol. The molecule has 3 rings (SSSR count). The number of amides is 1. The summed E-state index contributed by atoms with van der Waals surface area (Å²) in [6, 6.07) is 7.26. The number of nitrogens with one attached hydrogen (secondary N) is 3. The number of hydrogen-bond acceptors (Lipinski definition) is 5. The SMILES string of the molecule is Cc1nc(-c2cccc(NC(=O)c3cn[nH]n3)c2)n[nH]1. The van der Waals surface area contributed by atoms with Crippen LogP contribution in [-0.4, -0.2) is 36.5 Å². The summed E-state index contributed by atoms with van der Waals surface area (Å²) in [5, 5.41) is 19.3. The first-order valence-electron chi connectivity index (χ1n) is 5.89. The Bertz CT molecular complexity index is 732. The molecule has 0 saturated heterocycles. The number of hydrogen-bond donors (Lipinski definition) is 3. The number of rotatable bonds is 3. The Labute approximate surface area is 113 Å². The number of aromatic nitrogens is 6. The van der Waals surface area contributed by atoms with Gasteiger partial charge in [-0.05, 0) is 19.1 Å². The molecule has 0 atom stereocenters. The summed E-state index contributed by atoms with van der Waals surface area (Å²) in [7, 11) is 0. The standard InChI is InChI=1S/C12H11N7O/c1-7-14-11(18-16-7)8-3-2-4-9(5-8)15-12(20)10-6-13-19-17-10/h2-6H,1H3,(H,15,20)(H,13,17,19)(H,14,16,18). The second-order valence-electron chi connectivity index (χ2n) is 4.13. The minimum Gasteiger partial charge on any atom is -0.321 e. The fraction of sp³-hybridized carbons (Fsp3) is 0.0833. The molecule has 0 aliphatic heterocycles. The molecule has 0 unspecified atom stereocenters. The number of anilines is 1. The van der Waals surface area contributed by atoms with Crippen LogP contribution in [-0.2, 0) is 0 Å². The summed E-state index contributed by atoms with van der Waals surface area (Å²) >= 11 is 0. The van der Waals surface area contributed by atoms with E-state index in [0.717, 1.165) is 11.4 Å². The number of H-pyrrole nitrogens is 2. The third-order valence-electron chi connectivity index (χ3n) is 2.62. The third-order valence-corrected chi connectivity index (χ3v) is 2.62. The average Bonchev–Trinajstić information content (AvgIpc) is 3.10. The second-order valence-corrected chi connectivity index (χ2v) is 4.13. The van der Waals surface area contributed by atoms with Gasteiger partial charge in [0.1, 0.15) is 5.82 Å². The van der Waals surface area contributed by atoms with Crippen LogP contribution in [0.1, 0.15) is 16.3 Å². The van der Waals surface area contributed by atoms with Crippen LogP contribution in [0.4, 0.5) is 5.69 Å². The lowest BCUT2D eigenvalue weighted by Crippen LogP contribution is -2.12. The van der Waals surface area contributed by atoms with E-state index in [4.69, 9.17) is 0 Å². The van der Waals surface area contributed by atoms with Gasteiger partial charge in [-0.15, -0.1) is 0 Å². The van der Waals surface area contributed by atoms with E-state index in [-0.39, 0.29) is 11.6 Å². The predicted octanol–water partition coefficient (Wildman–Crippen LogP) is 1.15. The van der Waals surface area contributed by atoms with Gasteiger partial charge in [-0.2, -0.15) is 20.5 Å². The zero-order valence-electron chi connectivity index (χ0n) is 10.6. The topological polar surface area (TPSA) is 112 Å². The molecule has 3 aromatic rings. The third kappa shape index (κ3) is 2.39. The monoisotopic (exact) mass is 269 g/mol. The molecule has 0 bridgehead atoms. The zero-order chi connectivity index (χ0) is 13.9. The number of benzene rings is 1. The molecule has 0 spiro atoms. The Morgan fingerprint density at radius 1 is 1.30 bits per heavy atom. The average molecular weight is 269 g/mol. The van der Waals surface area contributed by atoms with Crippen LogP contribution in [0.25, 0.3) is 11.4 Å². The van der Waals surface area contributed by atoms with E-state index < -0.39 is 0 Å². The van der Waals surface area contributed by atoms with Crippen LogP contribution >= 0.6 is 0 Å². The maximum absolute atomic E-state index is 11.9. The van der Waals surface area contributed by atoms with Crippen LogP contribution in [0.15, 0.2) is 30.5 Å². The number of nitrogens with zero attached hydrogens (tertiary/aromatic N) is 4.